The third-order valence-electron chi connectivity index (χ3n) is 6.61. The lowest BCUT2D eigenvalue weighted by molar-refractivity contribution is -0.120. The second kappa shape index (κ2) is 13.5. The molecule has 0 aliphatic carbocycles. The number of ether oxygens (including phenoxy) is 3. The quantitative estimate of drug-likeness (QED) is 0.224. The zero-order chi connectivity index (χ0) is 26.7. The number of hydrogen-bond donors (Lipinski definition) is 1. The maximum Gasteiger partial charge on any atom is 0.224 e. The van der Waals surface area contributed by atoms with Gasteiger partial charge in [0.05, 0.1) is 38.2 Å². The minimum absolute atomic E-state index is 0.00710. The molecule has 0 unspecified atom stereocenters. The molecule has 1 heterocycles. The van der Waals surface area contributed by atoms with Crippen LogP contribution >= 0.6 is 0 Å². The van der Waals surface area contributed by atoms with Gasteiger partial charge in [-0.3, -0.25) is 4.79 Å². The Morgan fingerprint density at radius 1 is 0.895 bits per heavy atom. The summed E-state index contributed by atoms with van der Waals surface area (Å²) in [6.07, 6.45) is 4.15. The molecule has 0 radical (unpaired) electrons. The van der Waals surface area contributed by atoms with Gasteiger partial charge in [-0.25, -0.2) is 4.98 Å². The molecule has 0 fully saturated rings. The fourth-order valence-corrected chi connectivity index (χ4v) is 4.58. The Bertz CT molecular complexity index is 1350. The van der Waals surface area contributed by atoms with Crippen LogP contribution in [0.3, 0.4) is 0 Å². The summed E-state index contributed by atoms with van der Waals surface area (Å²) in [6, 6.07) is 21.9. The summed E-state index contributed by atoms with van der Waals surface area (Å²) >= 11 is 0. The summed E-state index contributed by atoms with van der Waals surface area (Å²) < 4.78 is 18.9. The van der Waals surface area contributed by atoms with Crippen LogP contribution in [-0.4, -0.2) is 42.8 Å². The lowest BCUT2D eigenvalue weighted by atomic mass is 10.1. The molecular weight excluding hydrogens is 478 g/mol. The summed E-state index contributed by atoms with van der Waals surface area (Å²) in [5.74, 6) is 3.30. The zero-order valence-corrected chi connectivity index (χ0v) is 22.5. The summed E-state index contributed by atoms with van der Waals surface area (Å²) in [6.45, 7) is 4.06. The minimum Gasteiger partial charge on any atom is -0.493 e. The van der Waals surface area contributed by atoms with Crippen LogP contribution in [0.5, 0.6) is 17.2 Å². The van der Waals surface area contributed by atoms with Crippen molar-refractivity contribution in [3.8, 4) is 17.2 Å². The van der Waals surface area contributed by atoms with E-state index >= 15 is 0 Å². The average Bonchev–Trinajstić information content (AvgIpc) is 3.28. The molecule has 7 nitrogen and oxygen atoms in total. The largest absolute Gasteiger partial charge is 0.493 e. The molecule has 200 valence electrons. The minimum atomic E-state index is 0.00710. The van der Waals surface area contributed by atoms with Crippen LogP contribution in [0.15, 0.2) is 66.7 Å². The molecule has 0 aliphatic rings. The van der Waals surface area contributed by atoms with Crippen molar-refractivity contribution < 1.29 is 19.0 Å². The fourth-order valence-electron chi connectivity index (χ4n) is 4.58. The van der Waals surface area contributed by atoms with Crippen LogP contribution in [-0.2, 0) is 24.2 Å². The van der Waals surface area contributed by atoms with E-state index < -0.39 is 0 Å². The van der Waals surface area contributed by atoms with Crippen LogP contribution < -0.4 is 19.5 Å². The number of methoxy groups -OCH3 is 2. The first kappa shape index (κ1) is 27.0. The second-order valence-electron chi connectivity index (χ2n) is 9.31. The van der Waals surface area contributed by atoms with Crippen LogP contribution in [0.25, 0.3) is 11.0 Å². The Morgan fingerprint density at radius 2 is 1.68 bits per heavy atom. The third-order valence-corrected chi connectivity index (χ3v) is 6.61. The standard InChI is InChI=1S/C31H37N3O4/c1-23-11-6-9-14-27(23)38-20-19-34-26-13-8-7-12-25(26)33-30(34)15-5-4-10-18-32-31(35)22-24-16-17-28(36-2)29(21-24)37-3/h6-9,11-14,16-17,21H,4-5,10,15,18-20,22H2,1-3H3,(H,32,35). The monoisotopic (exact) mass is 515 g/mol. The first-order valence-electron chi connectivity index (χ1n) is 13.2. The maximum absolute atomic E-state index is 12.4. The van der Waals surface area contributed by atoms with E-state index in [1.54, 1.807) is 14.2 Å². The summed E-state index contributed by atoms with van der Waals surface area (Å²) in [4.78, 5) is 17.3. The molecule has 38 heavy (non-hydrogen) atoms. The molecule has 0 spiro atoms. The van der Waals surface area contributed by atoms with Gasteiger partial charge in [0, 0.05) is 13.0 Å². The highest BCUT2D eigenvalue weighted by Crippen LogP contribution is 2.27. The van der Waals surface area contributed by atoms with Gasteiger partial charge in [-0.15, -0.1) is 0 Å². The zero-order valence-electron chi connectivity index (χ0n) is 22.5. The van der Waals surface area contributed by atoms with Gasteiger partial charge in [0.1, 0.15) is 18.2 Å². The van der Waals surface area contributed by atoms with Crippen molar-refractivity contribution in [2.75, 3.05) is 27.4 Å². The van der Waals surface area contributed by atoms with Gasteiger partial charge in [0.2, 0.25) is 5.91 Å². The Hall–Kier alpha value is -4.00. The number of nitrogens with one attached hydrogen (secondary N) is 1. The van der Waals surface area contributed by atoms with E-state index in [0.29, 0.717) is 31.1 Å². The van der Waals surface area contributed by atoms with E-state index in [0.717, 1.165) is 66.0 Å². The molecule has 0 atom stereocenters. The van der Waals surface area contributed by atoms with Crippen LogP contribution in [0, 0.1) is 6.92 Å². The van der Waals surface area contributed by atoms with Gasteiger partial charge in [-0.1, -0.05) is 42.8 Å². The van der Waals surface area contributed by atoms with Gasteiger partial charge < -0.3 is 24.1 Å². The fraction of sp³-hybridized carbons (Fsp3) is 0.355. The summed E-state index contributed by atoms with van der Waals surface area (Å²) in [7, 11) is 3.19. The number of aromatic nitrogens is 2. The van der Waals surface area contributed by atoms with E-state index in [4.69, 9.17) is 19.2 Å². The molecule has 4 rings (SSSR count). The highest BCUT2D eigenvalue weighted by Gasteiger charge is 2.11. The van der Waals surface area contributed by atoms with Crippen molar-refractivity contribution in [2.45, 2.75) is 45.6 Å². The van der Waals surface area contributed by atoms with E-state index in [9.17, 15) is 4.79 Å². The van der Waals surface area contributed by atoms with Gasteiger partial charge in [-0.05, 0) is 61.2 Å². The van der Waals surface area contributed by atoms with Gasteiger partial charge in [-0.2, -0.15) is 0 Å². The van der Waals surface area contributed by atoms with Gasteiger partial charge in [0.15, 0.2) is 11.5 Å². The number of para-hydroxylation sites is 3. The van der Waals surface area contributed by atoms with Gasteiger partial charge in [0.25, 0.3) is 0 Å². The van der Waals surface area contributed by atoms with Crippen molar-refractivity contribution in [1.29, 1.82) is 0 Å². The average molecular weight is 516 g/mol. The number of imidazole rings is 1. The highest BCUT2D eigenvalue weighted by atomic mass is 16.5. The van der Waals surface area contributed by atoms with Crippen molar-refractivity contribution >= 4 is 16.9 Å². The highest BCUT2D eigenvalue weighted by molar-refractivity contribution is 5.78. The summed E-state index contributed by atoms with van der Waals surface area (Å²) in [5, 5.41) is 3.03. The normalized spacial score (nSPS) is 10.9. The number of amides is 1. The SMILES string of the molecule is COc1ccc(CC(=O)NCCCCCc2nc3ccccc3n2CCOc2ccccc2C)cc1OC. The molecule has 0 saturated carbocycles. The first-order valence-corrected chi connectivity index (χ1v) is 13.2. The second-order valence-corrected chi connectivity index (χ2v) is 9.31. The van der Waals surface area contributed by atoms with E-state index in [-0.39, 0.29) is 5.91 Å². The van der Waals surface area contributed by atoms with Crippen molar-refractivity contribution in [3.63, 3.8) is 0 Å². The topological polar surface area (TPSA) is 74.6 Å². The maximum atomic E-state index is 12.4. The summed E-state index contributed by atoms with van der Waals surface area (Å²) in [5.41, 5.74) is 4.18. The number of hydrogen-bond acceptors (Lipinski definition) is 5. The lowest BCUT2D eigenvalue weighted by Crippen LogP contribution is -2.26. The Balaban J connectivity index is 1.23. The Kier molecular flexibility index (Phi) is 9.62. The molecule has 1 amide bonds. The molecule has 1 N–H and O–H groups in total. The number of nitrogens with zero attached hydrogens (tertiary/aromatic N) is 2. The number of rotatable bonds is 14. The molecule has 7 heteroatoms. The number of carbonyl (C=O) groups excluding carboxylic acids is 1. The number of carbonyl (C=O) groups is 1. The molecule has 0 saturated heterocycles. The van der Waals surface area contributed by atoms with Crippen molar-refractivity contribution in [2.24, 2.45) is 0 Å². The first-order chi connectivity index (χ1) is 18.6. The van der Waals surface area contributed by atoms with E-state index in [1.165, 1.54) is 0 Å². The smallest absolute Gasteiger partial charge is 0.224 e. The molecular formula is C31H37N3O4. The molecule has 1 aromatic heterocycles. The van der Waals surface area contributed by atoms with Crippen molar-refractivity contribution in [1.82, 2.24) is 14.9 Å². The third kappa shape index (κ3) is 7.06. The number of fused-ring (bicyclic) bond motifs is 1. The predicted molar refractivity (Wildman–Crippen MR) is 150 cm³/mol. The number of unbranched alkanes of at least 4 members (excludes halogenated alkanes) is 2. The molecule has 0 aliphatic heterocycles. The van der Waals surface area contributed by atoms with E-state index in [2.05, 4.69) is 41.1 Å². The van der Waals surface area contributed by atoms with Crippen LogP contribution in [0.4, 0.5) is 0 Å². The molecule has 4 aromatic rings. The van der Waals surface area contributed by atoms with Crippen LogP contribution in [0.1, 0.15) is 36.2 Å². The van der Waals surface area contributed by atoms with Crippen molar-refractivity contribution in [3.05, 3.63) is 83.7 Å². The molecule has 0 bridgehead atoms. The molecule has 3 aromatic carbocycles. The van der Waals surface area contributed by atoms with Gasteiger partial charge >= 0.3 is 0 Å². The van der Waals surface area contributed by atoms with Crippen LogP contribution in [0.2, 0.25) is 0 Å². The number of benzene rings is 3. The Morgan fingerprint density at radius 3 is 2.50 bits per heavy atom. The lowest BCUT2D eigenvalue weighted by Gasteiger charge is -2.12. The van der Waals surface area contributed by atoms with E-state index in [1.807, 2.05) is 42.5 Å². The number of aryl methyl sites for hydroxylation is 2. The predicted octanol–water partition coefficient (Wildman–Crippen LogP) is 5.51. The Labute approximate surface area is 224 Å².